The Hall–Kier alpha value is -1.09. The molecule has 0 fully saturated rings. The van der Waals surface area contributed by atoms with Crippen LogP contribution in [0.5, 0.6) is 0 Å². The van der Waals surface area contributed by atoms with Crippen LogP contribution in [0.1, 0.15) is 72.2 Å². The van der Waals surface area contributed by atoms with Gasteiger partial charge in [0.05, 0.1) is 5.41 Å². The van der Waals surface area contributed by atoms with Crippen LogP contribution in [0.2, 0.25) is 0 Å². The summed E-state index contributed by atoms with van der Waals surface area (Å²) in [6, 6.07) is 18.2. The summed E-state index contributed by atoms with van der Waals surface area (Å²) in [7, 11) is 5.01. The summed E-state index contributed by atoms with van der Waals surface area (Å²) in [5, 5.41) is 2.68. The van der Waals surface area contributed by atoms with E-state index in [1.807, 2.05) is 0 Å². The first-order chi connectivity index (χ1) is 16.9. The number of anilines is 1. The molecule has 2 aliphatic heterocycles. The van der Waals surface area contributed by atoms with Crippen LogP contribution in [0.15, 0.2) is 72.5 Å². The van der Waals surface area contributed by atoms with Crippen molar-refractivity contribution in [2.45, 2.75) is 74.7 Å². The second-order valence-electron chi connectivity index (χ2n) is 10.9. The fraction of sp³-hybridized carbons (Fsp3) is 0.382. The molecule has 2 heterocycles. The Morgan fingerprint density at radius 1 is 0.846 bits per heavy atom. The molecule has 0 radical (unpaired) electrons. The third-order valence-corrected chi connectivity index (χ3v) is 7.84. The molecule has 39 heavy (non-hydrogen) atoms. The first-order valence-corrected chi connectivity index (χ1v) is 21.3. The zero-order valence-electron chi connectivity index (χ0n) is 22.4. The van der Waals surface area contributed by atoms with Gasteiger partial charge < -0.3 is 4.90 Å². The van der Waals surface area contributed by atoms with Gasteiger partial charge in [0, 0.05) is 41.6 Å². The summed E-state index contributed by atoms with van der Waals surface area (Å²) in [5.74, 6) is 0. The maximum absolute atomic E-state index is 2.37. The van der Waals surface area contributed by atoms with Gasteiger partial charge in [0.1, 0.15) is 7.05 Å². The molecule has 0 spiro atoms. The van der Waals surface area contributed by atoms with Crippen LogP contribution >= 0.6 is 40.0 Å². The molecule has 5 rings (SSSR count). The van der Waals surface area contributed by atoms with E-state index in [0.717, 1.165) is 0 Å². The second-order valence-corrected chi connectivity index (χ2v) is 22.7. The van der Waals surface area contributed by atoms with Crippen LogP contribution in [0, 0.1) is 13.8 Å². The third-order valence-electron chi connectivity index (χ3n) is 7.84. The van der Waals surface area contributed by atoms with Crippen molar-refractivity contribution in [3.63, 3.8) is 0 Å². The molecule has 3 aromatic rings. The molecular weight excluding hydrogens is 741 g/mol. The number of likely N-dealkylation sites (N-methyl/N-ethyl adjacent to an activating group) is 1. The molecule has 0 N–H and O–H groups in total. The molecule has 0 bridgehead atoms. The topological polar surface area (TPSA) is 6.25 Å². The number of benzene rings is 3. The monoisotopic (exact) mass is 788 g/mol. The van der Waals surface area contributed by atoms with Crippen molar-refractivity contribution in [1.29, 1.82) is 0 Å². The number of nitrogens with zero attached hydrogens (tertiary/aromatic N) is 2. The van der Waals surface area contributed by atoms with Gasteiger partial charge >= 0.3 is 49.4 Å². The fourth-order valence-corrected chi connectivity index (χ4v) is 6.05. The number of aryl methyl sites for hydroxylation is 2. The second kappa shape index (κ2) is 13.7. The van der Waals surface area contributed by atoms with Crippen LogP contribution in [0.25, 0.3) is 10.8 Å². The van der Waals surface area contributed by atoms with Gasteiger partial charge in [-0.05, 0) is 62.2 Å². The van der Waals surface area contributed by atoms with Crippen molar-refractivity contribution in [3.05, 3.63) is 94.7 Å². The standard InChI is InChI=1S/C31H35N2.3CH4.2HI.V/c1-20-12-15-23-22(18-20)14-17-26-29(23)31(5,6)28(33(26)8)11-9-10-27-30(3,4)24-19-21(2)13-16-25(24)32(27)7;;;;;;/h9-19H,1-8H3;3*1H4;2*1H;/q+1;;;;;;+2/p-2. The summed E-state index contributed by atoms with van der Waals surface area (Å²) in [6.07, 6.45) is 6.86. The van der Waals surface area contributed by atoms with E-state index in [-0.39, 0.29) is 33.1 Å². The molecule has 0 amide bonds. The summed E-state index contributed by atoms with van der Waals surface area (Å²) in [6.45, 7) is 13.7. The van der Waals surface area contributed by atoms with E-state index in [1.54, 1.807) is 0 Å². The average Bonchev–Trinajstić information content (AvgIpc) is 3.12. The van der Waals surface area contributed by atoms with Crippen molar-refractivity contribution >= 4 is 67.8 Å². The van der Waals surface area contributed by atoms with E-state index in [1.165, 1.54) is 55.8 Å². The summed E-state index contributed by atoms with van der Waals surface area (Å²) >= 11 is 4.74. The Morgan fingerprint density at radius 2 is 1.44 bits per heavy atom. The minimum atomic E-state index is -0.0645. The first-order valence-electron chi connectivity index (χ1n) is 12.3. The molecule has 0 aliphatic carbocycles. The van der Waals surface area contributed by atoms with Gasteiger partial charge in [0.2, 0.25) is 5.69 Å². The molecule has 211 valence electrons. The van der Waals surface area contributed by atoms with Crippen LogP contribution in [-0.2, 0) is 20.3 Å². The quantitative estimate of drug-likeness (QED) is 0.185. The molecule has 5 heteroatoms. The molecular formula is C34H47I2N2V+. The van der Waals surface area contributed by atoms with E-state index in [2.05, 4.69) is 172 Å². The molecule has 0 saturated heterocycles. The van der Waals surface area contributed by atoms with E-state index in [9.17, 15) is 0 Å². The zero-order chi connectivity index (χ0) is 26.4. The normalized spacial score (nSPS) is 17.1. The molecule has 2 aliphatic rings. The molecule has 2 nitrogen and oxygen atoms in total. The minimum absolute atomic E-state index is 0. The number of allylic oxidation sites excluding steroid dienone is 4. The summed E-state index contributed by atoms with van der Waals surface area (Å²) in [4.78, 5) is 2.35. The van der Waals surface area contributed by atoms with Gasteiger partial charge in [-0.1, -0.05) is 83.7 Å². The van der Waals surface area contributed by atoms with Crippen LogP contribution in [0.4, 0.5) is 11.4 Å². The molecule has 0 aromatic heterocycles. The number of rotatable bonds is 2. The number of hydrogen-bond acceptors (Lipinski definition) is 1. The predicted octanol–water partition coefficient (Wildman–Crippen LogP) is 11.0. The van der Waals surface area contributed by atoms with Crippen molar-refractivity contribution in [2.24, 2.45) is 0 Å². The van der Waals surface area contributed by atoms with Gasteiger partial charge in [-0.25, -0.2) is 0 Å². The molecule has 0 atom stereocenters. The Morgan fingerprint density at radius 3 is 2.08 bits per heavy atom. The number of hydrogen-bond donors (Lipinski definition) is 0. The Balaban J connectivity index is 0.00000121. The van der Waals surface area contributed by atoms with Crippen LogP contribution < -0.4 is 4.90 Å². The fourth-order valence-electron chi connectivity index (χ4n) is 6.05. The van der Waals surface area contributed by atoms with E-state index >= 15 is 0 Å². The van der Waals surface area contributed by atoms with Crippen molar-refractivity contribution in [1.82, 2.24) is 0 Å². The van der Waals surface area contributed by atoms with Gasteiger partial charge in [0.25, 0.3) is 0 Å². The van der Waals surface area contributed by atoms with Gasteiger partial charge in [-0.3, -0.25) is 0 Å². The Bertz CT molecular complexity index is 1430. The van der Waals surface area contributed by atoms with Crippen LogP contribution in [0.3, 0.4) is 0 Å². The number of fused-ring (bicyclic) bond motifs is 4. The Kier molecular flexibility index (Phi) is 12.6. The first kappa shape index (κ1) is 35.9. The zero-order valence-corrected chi connectivity index (χ0v) is 28.2. The maximum atomic E-state index is 2.37. The van der Waals surface area contributed by atoms with Gasteiger partial charge in [-0.15, -0.1) is 0 Å². The third kappa shape index (κ3) is 6.39. The number of halogens is 2. The SMILES string of the molecule is C.C.C.Cc1ccc2c(c1)C(C)(C)C(=CC=CC1=[N+](C)c3ccc4cc(C)ccc4c3C1(C)C)N2C.[I][V][I]. The van der Waals surface area contributed by atoms with Crippen molar-refractivity contribution in [2.75, 3.05) is 19.0 Å². The average molecular weight is 789 g/mol. The summed E-state index contributed by atoms with van der Waals surface area (Å²) < 4.78 is 2.37. The van der Waals surface area contributed by atoms with Crippen molar-refractivity contribution < 1.29 is 14.0 Å². The predicted molar refractivity (Wildman–Crippen MR) is 191 cm³/mol. The van der Waals surface area contributed by atoms with Crippen LogP contribution in [-0.4, -0.2) is 24.4 Å². The summed E-state index contributed by atoms with van der Waals surface area (Å²) in [5.41, 5.74) is 10.7. The van der Waals surface area contributed by atoms with Gasteiger partial charge in [-0.2, -0.15) is 4.58 Å². The Labute approximate surface area is 267 Å². The van der Waals surface area contributed by atoms with Gasteiger partial charge in [0.15, 0.2) is 5.71 Å². The van der Waals surface area contributed by atoms with E-state index in [0.29, 0.717) is 9.47 Å². The van der Waals surface area contributed by atoms with Crippen molar-refractivity contribution in [3.8, 4) is 0 Å². The molecule has 0 saturated carbocycles. The van der Waals surface area contributed by atoms with E-state index in [4.69, 9.17) is 0 Å². The van der Waals surface area contributed by atoms with E-state index < -0.39 is 0 Å². The molecule has 3 aromatic carbocycles. The molecule has 0 unspecified atom stereocenters.